The maximum Gasteiger partial charge on any atom is 0.224 e. The van der Waals surface area contributed by atoms with Gasteiger partial charge in [0.1, 0.15) is 0 Å². The quantitative estimate of drug-likeness (QED) is 0.761. The molecule has 0 saturated heterocycles. The highest BCUT2D eigenvalue weighted by molar-refractivity contribution is 5.91. The van der Waals surface area contributed by atoms with E-state index >= 15 is 0 Å². The van der Waals surface area contributed by atoms with Crippen molar-refractivity contribution in [3.8, 4) is 5.88 Å². The Morgan fingerprint density at radius 3 is 2.47 bits per heavy atom. The van der Waals surface area contributed by atoms with Crippen molar-refractivity contribution in [2.75, 3.05) is 12.0 Å². The molecule has 0 bridgehead atoms. The predicted octanol–water partition coefficient (Wildman–Crippen LogP) is 1.85. The Morgan fingerprint density at radius 2 is 2.13 bits per heavy atom. The van der Waals surface area contributed by atoms with Crippen molar-refractivity contribution in [3.63, 3.8) is 0 Å². The Kier molecular flexibility index (Phi) is 3.66. The van der Waals surface area contributed by atoms with Gasteiger partial charge in [0.25, 0.3) is 0 Å². The second kappa shape index (κ2) is 4.77. The zero-order valence-electron chi connectivity index (χ0n) is 9.52. The van der Waals surface area contributed by atoms with Gasteiger partial charge < -0.3 is 9.64 Å². The number of ether oxygens (including phenoxy) is 1. The number of rotatable bonds is 3. The minimum absolute atomic E-state index is 0.0111. The lowest BCUT2D eigenvalue weighted by atomic mass is 10.2. The maximum atomic E-state index is 11.4. The summed E-state index contributed by atoms with van der Waals surface area (Å²) in [7, 11) is 1.56. The van der Waals surface area contributed by atoms with E-state index in [1.54, 1.807) is 31.2 Å². The zero-order valence-corrected chi connectivity index (χ0v) is 9.52. The van der Waals surface area contributed by atoms with Crippen LogP contribution in [-0.4, -0.2) is 24.0 Å². The Bertz CT molecular complexity index is 333. The molecule has 82 valence electrons. The summed E-state index contributed by atoms with van der Waals surface area (Å²) in [6.07, 6.45) is 1.64. The van der Waals surface area contributed by atoms with Gasteiger partial charge in [-0.05, 0) is 19.9 Å². The first-order valence-corrected chi connectivity index (χ1v) is 4.86. The summed E-state index contributed by atoms with van der Waals surface area (Å²) in [6, 6.07) is 3.69. The molecular formula is C11H16N2O2. The van der Waals surface area contributed by atoms with Gasteiger partial charge in [0, 0.05) is 19.0 Å². The Labute approximate surface area is 89.9 Å². The number of hydrogen-bond acceptors (Lipinski definition) is 3. The topological polar surface area (TPSA) is 42.4 Å². The summed E-state index contributed by atoms with van der Waals surface area (Å²) in [4.78, 5) is 17.2. The normalized spacial score (nSPS) is 10.2. The molecule has 0 aliphatic rings. The van der Waals surface area contributed by atoms with Gasteiger partial charge in [-0.3, -0.25) is 4.79 Å². The summed E-state index contributed by atoms with van der Waals surface area (Å²) < 4.78 is 4.96. The number of pyridine rings is 1. The first-order chi connectivity index (χ1) is 7.06. The van der Waals surface area contributed by atoms with Crippen LogP contribution >= 0.6 is 0 Å². The van der Waals surface area contributed by atoms with Crippen LogP contribution < -0.4 is 9.64 Å². The molecule has 4 nitrogen and oxygen atoms in total. The van der Waals surface area contributed by atoms with E-state index in [0.717, 1.165) is 5.69 Å². The van der Waals surface area contributed by atoms with Crippen LogP contribution in [0.15, 0.2) is 18.3 Å². The smallest absolute Gasteiger partial charge is 0.224 e. The van der Waals surface area contributed by atoms with Crippen molar-refractivity contribution < 1.29 is 9.53 Å². The van der Waals surface area contributed by atoms with Gasteiger partial charge in [-0.1, -0.05) is 0 Å². The largest absolute Gasteiger partial charge is 0.481 e. The van der Waals surface area contributed by atoms with E-state index in [-0.39, 0.29) is 11.9 Å². The number of hydrogen-bond donors (Lipinski definition) is 0. The molecule has 4 heteroatoms. The zero-order chi connectivity index (χ0) is 11.4. The summed E-state index contributed by atoms with van der Waals surface area (Å²) in [5.41, 5.74) is 0.790. The summed E-state index contributed by atoms with van der Waals surface area (Å²) in [5, 5.41) is 0. The average molecular weight is 208 g/mol. The van der Waals surface area contributed by atoms with Gasteiger partial charge in [0.15, 0.2) is 0 Å². The molecule has 0 atom stereocenters. The first kappa shape index (κ1) is 11.5. The van der Waals surface area contributed by atoms with Gasteiger partial charge in [0.2, 0.25) is 11.8 Å². The third kappa shape index (κ3) is 2.68. The van der Waals surface area contributed by atoms with Crippen LogP contribution in [0.4, 0.5) is 5.69 Å². The molecule has 0 aliphatic carbocycles. The molecule has 1 aromatic rings. The lowest BCUT2D eigenvalue weighted by Crippen LogP contribution is -2.35. The molecule has 0 saturated carbocycles. The fourth-order valence-electron chi connectivity index (χ4n) is 1.48. The molecule has 1 amide bonds. The van der Waals surface area contributed by atoms with Crippen molar-refractivity contribution in [1.82, 2.24) is 4.98 Å². The molecule has 0 aliphatic heterocycles. The second-order valence-electron chi connectivity index (χ2n) is 3.54. The molecule has 15 heavy (non-hydrogen) atoms. The number of carbonyl (C=O) groups is 1. The highest BCUT2D eigenvalue weighted by Crippen LogP contribution is 2.18. The van der Waals surface area contributed by atoms with Crippen molar-refractivity contribution in [1.29, 1.82) is 0 Å². The van der Waals surface area contributed by atoms with Gasteiger partial charge in [-0.25, -0.2) is 4.98 Å². The van der Waals surface area contributed by atoms with E-state index in [2.05, 4.69) is 4.98 Å². The lowest BCUT2D eigenvalue weighted by molar-refractivity contribution is -0.116. The number of aromatic nitrogens is 1. The van der Waals surface area contributed by atoms with Crippen molar-refractivity contribution >= 4 is 11.6 Å². The van der Waals surface area contributed by atoms with E-state index < -0.39 is 0 Å². The molecule has 0 unspecified atom stereocenters. The van der Waals surface area contributed by atoms with Crippen LogP contribution in [0.1, 0.15) is 20.8 Å². The first-order valence-electron chi connectivity index (χ1n) is 4.86. The van der Waals surface area contributed by atoms with Gasteiger partial charge >= 0.3 is 0 Å². The fourth-order valence-corrected chi connectivity index (χ4v) is 1.48. The van der Waals surface area contributed by atoms with Crippen LogP contribution in [0, 0.1) is 0 Å². The predicted molar refractivity (Wildman–Crippen MR) is 59.1 cm³/mol. The third-order valence-corrected chi connectivity index (χ3v) is 2.06. The van der Waals surface area contributed by atoms with E-state index in [1.807, 2.05) is 19.9 Å². The van der Waals surface area contributed by atoms with Crippen molar-refractivity contribution in [2.45, 2.75) is 26.8 Å². The van der Waals surface area contributed by atoms with Gasteiger partial charge in [-0.2, -0.15) is 0 Å². The molecule has 0 radical (unpaired) electrons. The minimum Gasteiger partial charge on any atom is -0.481 e. The van der Waals surface area contributed by atoms with Crippen molar-refractivity contribution in [3.05, 3.63) is 18.3 Å². The van der Waals surface area contributed by atoms with Crippen molar-refractivity contribution in [2.24, 2.45) is 0 Å². The Morgan fingerprint density at radius 1 is 1.47 bits per heavy atom. The van der Waals surface area contributed by atoms with Crippen LogP contribution in [0.25, 0.3) is 0 Å². The number of nitrogens with zero attached hydrogens (tertiary/aromatic N) is 2. The lowest BCUT2D eigenvalue weighted by Gasteiger charge is -2.24. The average Bonchev–Trinajstić information content (AvgIpc) is 2.18. The minimum atomic E-state index is 0.0111. The van der Waals surface area contributed by atoms with E-state index in [0.29, 0.717) is 5.88 Å². The summed E-state index contributed by atoms with van der Waals surface area (Å²) in [5.74, 6) is 0.558. The summed E-state index contributed by atoms with van der Waals surface area (Å²) >= 11 is 0. The van der Waals surface area contributed by atoms with E-state index in [9.17, 15) is 4.79 Å². The number of carbonyl (C=O) groups excluding carboxylic acids is 1. The van der Waals surface area contributed by atoms with Crippen LogP contribution in [-0.2, 0) is 4.79 Å². The third-order valence-electron chi connectivity index (χ3n) is 2.06. The van der Waals surface area contributed by atoms with Gasteiger partial charge in [-0.15, -0.1) is 0 Å². The number of methoxy groups -OCH3 is 1. The number of anilines is 1. The Balaban J connectivity index is 2.97. The molecule has 0 spiro atoms. The standard InChI is InChI=1S/C11H16N2O2/c1-8(2)13(9(3)14)10-5-6-11(15-4)12-7-10/h5-8H,1-4H3. The summed E-state index contributed by atoms with van der Waals surface area (Å²) in [6.45, 7) is 5.47. The number of amides is 1. The van der Waals surface area contributed by atoms with E-state index in [4.69, 9.17) is 4.74 Å². The molecule has 0 N–H and O–H groups in total. The molecule has 0 aromatic carbocycles. The van der Waals surface area contributed by atoms with Crippen LogP contribution in [0.2, 0.25) is 0 Å². The molecule has 1 aromatic heterocycles. The fraction of sp³-hybridized carbons (Fsp3) is 0.455. The second-order valence-corrected chi connectivity index (χ2v) is 3.54. The monoisotopic (exact) mass is 208 g/mol. The van der Waals surface area contributed by atoms with E-state index in [1.165, 1.54) is 0 Å². The molecule has 0 fully saturated rings. The molecule has 1 rings (SSSR count). The maximum absolute atomic E-state index is 11.4. The SMILES string of the molecule is COc1ccc(N(C(C)=O)C(C)C)cn1. The van der Waals surface area contributed by atoms with Crippen LogP contribution in [0.5, 0.6) is 5.88 Å². The Hall–Kier alpha value is -1.58. The molecular weight excluding hydrogens is 192 g/mol. The van der Waals surface area contributed by atoms with Crippen LogP contribution in [0.3, 0.4) is 0 Å². The highest BCUT2D eigenvalue weighted by atomic mass is 16.5. The highest BCUT2D eigenvalue weighted by Gasteiger charge is 2.15. The van der Waals surface area contributed by atoms with Gasteiger partial charge in [0.05, 0.1) is 19.0 Å². The molecule has 1 heterocycles.